The Morgan fingerprint density at radius 2 is 1.74 bits per heavy atom. The van der Waals surface area contributed by atoms with Crippen molar-refractivity contribution in [3.8, 4) is 5.75 Å². The van der Waals surface area contributed by atoms with E-state index in [2.05, 4.69) is 5.32 Å². The fourth-order valence-corrected chi connectivity index (χ4v) is 4.97. The van der Waals surface area contributed by atoms with Gasteiger partial charge in [-0.15, -0.1) is 0 Å². The number of Topliss-reactive ketones (excluding diaryl/α,β-unsaturated/α-hetero) is 1. The predicted octanol–water partition coefficient (Wildman–Crippen LogP) is 5.65. The molecule has 3 aromatic carbocycles. The van der Waals surface area contributed by atoms with Crippen LogP contribution in [0.25, 0.3) is 5.76 Å². The van der Waals surface area contributed by atoms with E-state index >= 15 is 0 Å². The smallest absolute Gasteiger partial charge is 0.300 e. The summed E-state index contributed by atoms with van der Waals surface area (Å²) in [6, 6.07) is 15.7. The van der Waals surface area contributed by atoms with Crippen molar-refractivity contribution in [3.05, 3.63) is 87.4 Å². The maximum absolute atomic E-state index is 13.5. The van der Waals surface area contributed by atoms with Gasteiger partial charge < -0.3 is 20.1 Å². The maximum Gasteiger partial charge on any atom is 0.300 e. The van der Waals surface area contributed by atoms with Gasteiger partial charge in [-0.3, -0.25) is 19.3 Å². The molecule has 1 saturated heterocycles. The lowest BCUT2D eigenvalue weighted by Crippen LogP contribution is -2.29. The van der Waals surface area contributed by atoms with Gasteiger partial charge in [-0.1, -0.05) is 41.4 Å². The third-order valence-corrected chi connectivity index (χ3v) is 6.58. The van der Waals surface area contributed by atoms with Crippen molar-refractivity contribution in [1.82, 2.24) is 0 Å². The van der Waals surface area contributed by atoms with E-state index < -0.39 is 23.5 Å². The number of hydrogen-bond acceptors (Lipinski definition) is 6. The molecule has 38 heavy (non-hydrogen) atoms. The zero-order valence-corrected chi connectivity index (χ0v) is 22.6. The fraction of sp³-hybridized carbons (Fsp3) is 0.179. The normalized spacial score (nSPS) is 16.5. The number of nitrogens with zero attached hydrogens (tertiary/aromatic N) is 2. The van der Waals surface area contributed by atoms with Crippen molar-refractivity contribution in [1.29, 1.82) is 0 Å². The Hall–Kier alpha value is -4.01. The summed E-state index contributed by atoms with van der Waals surface area (Å²) in [6.45, 7) is 1.37. The summed E-state index contributed by atoms with van der Waals surface area (Å²) in [5.74, 6) is -2.40. The summed E-state index contributed by atoms with van der Waals surface area (Å²) in [4.78, 5) is 41.8. The van der Waals surface area contributed by atoms with Gasteiger partial charge in [0.05, 0.1) is 29.3 Å². The quantitative estimate of drug-likeness (QED) is 0.232. The third-order valence-electron chi connectivity index (χ3n) is 6.08. The van der Waals surface area contributed by atoms with E-state index in [9.17, 15) is 19.5 Å². The molecule has 8 nitrogen and oxygen atoms in total. The number of carbonyl (C=O) groups is 3. The van der Waals surface area contributed by atoms with Crippen LogP contribution in [0.5, 0.6) is 5.75 Å². The number of aliphatic hydroxyl groups is 1. The number of benzene rings is 3. The van der Waals surface area contributed by atoms with Crippen LogP contribution in [-0.2, 0) is 14.4 Å². The first-order chi connectivity index (χ1) is 18.0. The molecule has 1 heterocycles. The van der Waals surface area contributed by atoms with E-state index in [-0.39, 0.29) is 32.8 Å². The number of halogens is 2. The van der Waals surface area contributed by atoms with Crippen LogP contribution in [0.4, 0.5) is 17.1 Å². The van der Waals surface area contributed by atoms with Crippen LogP contribution in [0.2, 0.25) is 10.0 Å². The highest BCUT2D eigenvalue weighted by molar-refractivity contribution is 6.52. The van der Waals surface area contributed by atoms with E-state index in [0.29, 0.717) is 16.9 Å². The maximum atomic E-state index is 13.5. The molecule has 0 aromatic heterocycles. The zero-order chi connectivity index (χ0) is 27.7. The van der Waals surface area contributed by atoms with E-state index in [4.69, 9.17) is 27.9 Å². The summed E-state index contributed by atoms with van der Waals surface area (Å²) >= 11 is 12.5. The Morgan fingerprint density at radius 3 is 2.34 bits per heavy atom. The largest absolute Gasteiger partial charge is 0.507 e. The van der Waals surface area contributed by atoms with E-state index in [1.807, 2.05) is 31.1 Å². The number of carbonyl (C=O) groups excluding carboxylic acids is 3. The van der Waals surface area contributed by atoms with Crippen LogP contribution in [0, 0.1) is 0 Å². The molecular formula is C28H25Cl2N3O5. The molecule has 0 radical (unpaired) electrons. The molecule has 0 bridgehead atoms. The molecule has 1 unspecified atom stereocenters. The van der Waals surface area contributed by atoms with Gasteiger partial charge in [0.25, 0.3) is 11.7 Å². The summed E-state index contributed by atoms with van der Waals surface area (Å²) in [7, 11) is 5.16. The molecule has 1 atom stereocenters. The Labute approximate surface area is 230 Å². The van der Waals surface area contributed by atoms with Crippen LogP contribution < -0.4 is 19.9 Å². The molecule has 1 aliphatic rings. The molecule has 0 aliphatic carbocycles. The highest BCUT2D eigenvalue weighted by atomic mass is 35.5. The van der Waals surface area contributed by atoms with Gasteiger partial charge in [0, 0.05) is 43.1 Å². The average molecular weight is 554 g/mol. The van der Waals surface area contributed by atoms with E-state index in [0.717, 1.165) is 5.69 Å². The molecule has 2 N–H and O–H groups in total. The second-order valence-electron chi connectivity index (χ2n) is 8.85. The summed E-state index contributed by atoms with van der Waals surface area (Å²) < 4.78 is 5.38. The van der Waals surface area contributed by atoms with Gasteiger partial charge in [-0.25, -0.2) is 0 Å². The van der Waals surface area contributed by atoms with Crippen molar-refractivity contribution < 1.29 is 24.2 Å². The number of methoxy groups -OCH3 is 1. The van der Waals surface area contributed by atoms with Gasteiger partial charge in [0.2, 0.25) is 5.91 Å². The molecule has 3 aromatic rings. The van der Waals surface area contributed by atoms with Crippen LogP contribution >= 0.6 is 23.2 Å². The summed E-state index contributed by atoms with van der Waals surface area (Å²) in [5.41, 5.74) is 2.20. The molecule has 0 spiro atoms. The summed E-state index contributed by atoms with van der Waals surface area (Å²) in [6.07, 6.45) is 0. The van der Waals surface area contributed by atoms with Crippen LogP contribution in [0.1, 0.15) is 24.1 Å². The lowest BCUT2D eigenvalue weighted by Gasteiger charge is -2.26. The first-order valence-corrected chi connectivity index (χ1v) is 12.3. The van der Waals surface area contributed by atoms with Crippen LogP contribution in [0.3, 0.4) is 0 Å². The highest BCUT2D eigenvalue weighted by Gasteiger charge is 2.47. The molecular weight excluding hydrogens is 529 g/mol. The second kappa shape index (κ2) is 10.8. The zero-order valence-electron chi connectivity index (χ0n) is 21.1. The molecule has 1 aliphatic heterocycles. The Kier molecular flexibility index (Phi) is 7.66. The van der Waals surface area contributed by atoms with E-state index in [1.54, 1.807) is 36.4 Å². The number of ketones is 1. The fourth-order valence-electron chi connectivity index (χ4n) is 4.39. The number of aliphatic hydroxyl groups excluding tert-OH is 1. The van der Waals surface area contributed by atoms with Gasteiger partial charge in [-0.05, 0) is 48.0 Å². The second-order valence-corrected chi connectivity index (χ2v) is 9.70. The molecule has 2 amide bonds. The van der Waals surface area contributed by atoms with Crippen molar-refractivity contribution in [2.75, 3.05) is 36.3 Å². The minimum Gasteiger partial charge on any atom is -0.507 e. The van der Waals surface area contributed by atoms with Gasteiger partial charge in [-0.2, -0.15) is 0 Å². The Bertz CT molecular complexity index is 1470. The Morgan fingerprint density at radius 1 is 1.05 bits per heavy atom. The first-order valence-electron chi connectivity index (χ1n) is 11.5. The molecule has 0 saturated carbocycles. The topological polar surface area (TPSA) is 99.2 Å². The average Bonchev–Trinajstić information content (AvgIpc) is 3.13. The third kappa shape index (κ3) is 5.05. The van der Waals surface area contributed by atoms with Crippen LogP contribution in [0.15, 0.2) is 66.2 Å². The number of nitrogens with one attached hydrogen (secondary N) is 1. The number of anilines is 3. The van der Waals surface area contributed by atoms with Gasteiger partial charge in [0.15, 0.2) is 0 Å². The monoisotopic (exact) mass is 553 g/mol. The van der Waals surface area contributed by atoms with Gasteiger partial charge in [0.1, 0.15) is 11.5 Å². The Balaban J connectivity index is 1.97. The standard InChI is InChI=1S/C28H25Cl2N3O5/c1-15(34)31-18-6-5-7-20(14-18)33-24(16-8-10-19(11-9-16)32(2)3)23(26(36)28(33)37)25(35)21-12-17(29)13-22(30)27(21)38-4/h5-14,24,35H,1-4H3,(H,31,34)/b25-23+. The SMILES string of the molecule is COc1c(Cl)cc(Cl)cc1/C(O)=C1\C(=O)C(=O)N(c2cccc(NC(C)=O)c2)C1c1ccc(N(C)C)cc1. The van der Waals surface area contributed by atoms with Crippen molar-refractivity contribution in [3.63, 3.8) is 0 Å². The van der Waals surface area contributed by atoms with E-state index in [1.165, 1.54) is 31.1 Å². The molecule has 196 valence electrons. The number of amides is 2. The minimum absolute atomic E-state index is 0.0740. The molecule has 4 rings (SSSR count). The lowest BCUT2D eigenvalue weighted by atomic mass is 9.94. The number of rotatable bonds is 6. The predicted molar refractivity (Wildman–Crippen MR) is 149 cm³/mol. The highest BCUT2D eigenvalue weighted by Crippen LogP contribution is 2.45. The minimum atomic E-state index is -0.999. The van der Waals surface area contributed by atoms with Crippen molar-refractivity contribution in [2.24, 2.45) is 0 Å². The lowest BCUT2D eigenvalue weighted by molar-refractivity contribution is -0.132. The molecule has 10 heteroatoms. The van der Waals surface area contributed by atoms with Crippen molar-refractivity contribution in [2.45, 2.75) is 13.0 Å². The first kappa shape index (κ1) is 27.0. The van der Waals surface area contributed by atoms with Crippen molar-refractivity contribution >= 4 is 63.6 Å². The van der Waals surface area contributed by atoms with Crippen LogP contribution in [-0.4, -0.2) is 43.9 Å². The van der Waals surface area contributed by atoms with Gasteiger partial charge >= 0.3 is 0 Å². The summed E-state index contributed by atoms with van der Waals surface area (Å²) in [5, 5.41) is 14.5. The number of hydrogen-bond donors (Lipinski definition) is 2. The molecule has 1 fully saturated rings. The number of ether oxygens (including phenoxy) is 1.